The van der Waals surface area contributed by atoms with E-state index in [1.807, 2.05) is 0 Å². The maximum Gasteiger partial charge on any atom is 0.306 e. The van der Waals surface area contributed by atoms with E-state index in [1.165, 1.54) is 141 Å². The van der Waals surface area contributed by atoms with Crippen LogP contribution in [-0.4, -0.2) is 37.2 Å². The van der Waals surface area contributed by atoms with Gasteiger partial charge >= 0.3 is 17.9 Å². The molecule has 0 fully saturated rings. The van der Waals surface area contributed by atoms with Gasteiger partial charge in [-0.25, -0.2) is 0 Å². The molecule has 0 aromatic carbocycles. The highest BCUT2D eigenvalue weighted by Gasteiger charge is 2.19. The largest absolute Gasteiger partial charge is 0.462 e. The van der Waals surface area contributed by atoms with E-state index >= 15 is 0 Å². The second-order valence-electron chi connectivity index (χ2n) is 20.2. The molecule has 0 amide bonds. The van der Waals surface area contributed by atoms with Crippen molar-refractivity contribution < 1.29 is 28.6 Å². The summed E-state index contributed by atoms with van der Waals surface area (Å²) >= 11 is 0. The van der Waals surface area contributed by atoms with E-state index in [1.54, 1.807) is 0 Å². The normalized spacial score (nSPS) is 12.7. The second kappa shape index (κ2) is 60.1. The van der Waals surface area contributed by atoms with Crippen LogP contribution in [-0.2, 0) is 28.6 Å². The molecule has 0 aliphatic heterocycles. The fourth-order valence-corrected chi connectivity index (χ4v) is 8.56. The van der Waals surface area contributed by atoms with Crippen LogP contribution < -0.4 is 0 Å². The van der Waals surface area contributed by atoms with Gasteiger partial charge in [-0.15, -0.1) is 0 Å². The lowest BCUT2D eigenvalue weighted by Crippen LogP contribution is -2.30. The summed E-state index contributed by atoms with van der Waals surface area (Å²) in [5.74, 6) is -0.908. The van der Waals surface area contributed by atoms with Gasteiger partial charge in [0.15, 0.2) is 6.10 Å². The number of allylic oxidation sites excluding steroid dienone is 14. The topological polar surface area (TPSA) is 78.9 Å². The maximum atomic E-state index is 12.9. The molecule has 414 valence electrons. The summed E-state index contributed by atoms with van der Waals surface area (Å²) in [5.41, 5.74) is 0. The van der Waals surface area contributed by atoms with Crippen molar-refractivity contribution in [2.45, 2.75) is 303 Å². The van der Waals surface area contributed by atoms with Crippen LogP contribution in [0.3, 0.4) is 0 Å². The highest BCUT2D eigenvalue weighted by molar-refractivity contribution is 5.71. The van der Waals surface area contributed by atoms with Crippen molar-refractivity contribution >= 4 is 17.9 Å². The van der Waals surface area contributed by atoms with E-state index in [2.05, 4.69) is 106 Å². The molecule has 0 aromatic heterocycles. The SMILES string of the molecule is CC/C=C\C/C=C\C/C=C\C/C=C\C/C=C\C/C=C\CCCCCCC(=O)OCC(COC(=O)CCCCCCC/C=C\CCCCCCCC)OC(=O)CCCCCCCCCCCCCCCCCC. The van der Waals surface area contributed by atoms with Crippen molar-refractivity contribution in [1.82, 2.24) is 0 Å². The van der Waals surface area contributed by atoms with E-state index in [0.29, 0.717) is 19.3 Å². The van der Waals surface area contributed by atoms with Crippen LogP contribution in [0.25, 0.3) is 0 Å². The maximum absolute atomic E-state index is 12.9. The molecule has 0 radical (unpaired) electrons. The molecule has 0 spiro atoms. The molecule has 0 N–H and O–H groups in total. The number of hydrogen-bond donors (Lipinski definition) is 0. The fourth-order valence-electron chi connectivity index (χ4n) is 8.56. The zero-order valence-electron chi connectivity index (χ0n) is 47.4. The van der Waals surface area contributed by atoms with Gasteiger partial charge in [0, 0.05) is 19.3 Å². The first-order valence-corrected chi connectivity index (χ1v) is 30.6. The smallest absolute Gasteiger partial charge is 0.306 e. The summed E-state index contributed by atoms with van der Waals surface area (Å²) in [7, 11) is 0. The fraction of sp³-hybridized carbons (Fsp3) is 0.742. The highest BCUT2D eigenvalue weighted by atomic mass is 16.6. The molecular weight excluding hydrogens is 889 g/mol. The zero-order valence-corrected chi connectivity index (χ0v) is 47.4. The highest BCUT2D eigenvalue weighted by Crippen LogP contribution is 2.16. The number of ether oxygens (including phenoxy) is 3. The number of esters is 3. The molecule has 0 aliphatic carbocycles. The standard InChI is InChI=1S/C66H114O6/c1-4-7-10-13-16-19-22-25-28-30-31-32-33-34-35-36-39-41-44-47-50-53-56-59-65(68)71-62-63(61-70-64(67)58-55-52-49-46-43-40-37-27-24-21-18-15-12-9-6-3)72-66(69)60-57-54-51-48-45-42-38-29-26-23-20-17-14-11-8-5-2/h7,10,16,19,25,27-28,31-32,34-35,37,39,41,63H,4-6,8-9,11-15,17-18,20-24,26,29-30,33,36,38,40,42-62H2,1-3H3/b10-7-,19-16-,28-25-,32-31-,35-34-,37-27-,41-39-. The number of carbonyl (C=O) groups excluding carboxylic acids is 3. The zero-order chi connectivity index (χ0) is 52.2. The number of unbranched alkanes of at least 4 members (excludes halogenated alkanes) is 30. The Bertz CT molecular complexity index is 1380. The molecule has 6 nitrogen and oxygen atoms in total. The van der Waals surface area contributed by atoms with Gasteiger partial charge in [0.05, 0.1) is 0 Å². The van der Waals surface area contributed by atoms with Crippen molar-refractivity contribution in [3.05, 3.63) is 85.1 Å². The van der Waals surface area contributed by atoms with Crippen LogP contribution in [0, 0.1) is 0 Å². The average Bonchev–Trinajstić information content (AvgIpc) is 3.38. The molecule has 0 saturated carbocycles. The first-order chi connectivity index (χ1) is 35.5. The first kappa shape index (κ1) is 68.6. The summed E-state index contributed by atoms with van der Waals surface area (Å²) in [6.07, 6.45) is 78.6. The minimum Gasteiger partial charge on any atom is -0.462 e. The lowest BCUT2D eigenvalue weighted by Gasteiger charge is -2.18. The molecule has 1 atom stereocenters. The van der Waals surface area contributed by atoms with Crippen LogP contribution in [0.1, 0.15) is 297 Å². The molecule has 6 heteroatoms. The Morgan fingerprint density at radius 3 is 0.861 bits per heavy atom. The summed E-state index contributed by atoms with van der Waals surface area (Å²) in [5, 5.41) is 0. The van der Waals surface area contributed by atoms with Crippen molar-refractivity contribution in [3.8, 4) is 0 Å². The monoisotopic (exact) mass is 1000 g/mol. The third kappa shape index (κ3) is 57.5. The van der Waals surface area contributed by atoms with Crippen molar-refractivity contribution in [2.24, 2.45) is 0 Å². The summed E-state index contributed by atoms with van der Waals surface area (Å²) < 4.78 is 16.9. The van der Waals surface area contributed by atoms with Gasteiger partial charge in [-0.3, -0.25) is 14.4 Å². The Balaban J connectivity index is 4.41. The lowest BCUT2D eigenvalue weighted by atomic mass is 10.0. The predicted molar refractivity (Wildman–Crippen MR) is 311 cm³/mol. The van der Waals surface area contributed by atoms with Gasteiger partial charge in [0.2, 0.25) is 0 Å². The molecule has 0 heterocycles. The van der Waals surface area contributed by atoms with E-state index in [4.69, 9.17) is 14.2 Å². The molecule has 0 rings (SSSR count). The third-order valence-electron chi connectivity index (χ3n) is 13.1. The van der Waals surface area contributed by atoms with Gasteiger partial charge in [0.25, 0.3) is 0 Å². The molecule has 1 unspecified atom stereocenters. The van der Waals surface area contributed by atoms with Gasteiger partial charge in [-0.2, -0.15) is 0 Å². The Labute approximate surface area is 445 Å². The van der Waals surface area contributed by atoms with Crippen LogP contribution in [0.4, 0.5) is 0 Å². The summed E-state index contributed by atoms with van der Waals surface area (Å²) in [6, 6.07) is 0. The van der Waals surface area contributed by atoms with Gasteiger partial charge in [-0.1, -0.05) is 266 Å². The number of hydrogen-bond acceptors (Lipinski definition) is 6. The van der Waals surface area contributed by atoms with E-state index in [0.717, 1.165) is 116 Å². The first-order valence-electron chi connectivity index (χ1n) is 30.6. The number of carbonyl (C=O) groups is 3. The lowest BCUT2D eigenvalue weighted by molar-refractivity contribution is -0.167. The molecule has 72 heavy (non-hydrogen) atoms. The molecule has 0 saturated heterocycles. The van der Waals surface area contributed by atoms with Crippen molar-refractivity contribution in [3.63, 3.8) is 0 Å². The van der Waals surface area contributed by atoms with Crippen molar-refractivity contribution in [2.75, 3.05) is 13.2 Å². The predicted octanol–water partition coefficient (Wildman–Crippen LogP) is 20.7. The third-order valence-corrected chi connectivity index (χ3v) is 13.1. The van der Waals surface area contributed by atoms with E-state index in [-0.39, 0.29) is 31.1 Å². The quantitative estimate of drug-likeness (QED) is 0.0261. The average molecular weight is 1000 g/mol. The van der Waals surface area contributed by atoms with E-state index in [9.17, 15) is 14.4 Å². The van der Waals surface area contributed by atoms with Gasteiger partial charge < -0.3 is 14.2 Å². The van der Waals surface area contributed by atoms with Gasteiger partial charge in [0.1, 0.15) is 13.2 Å². The van der Waals surface area contributed by atoms with Crippen LogP contribution in [0.2, 0.25) is 0 Å². The Morgan fingerprint density at radius 1 is 0.292 bits per heavy atom. The Kier molecular flexibility index (Phi) is 57.3. The Morgan fingerprint density at radius 2 is 0.542 bits per heavy atom. The van der Waals surface area contributed by atoms with Crippen LogP contribution in [0.5, 0.6) is 0 Å². The second-order valence-corrected chi connectivity index (χ2v) is 20.2. The number of rotatable bonds is 55. The molecule has 0 aliphatic rings. The summed E-state index contributed by atoms with van der Waals surface area (Å²) in [4.78, 5) is 38.2. The van der Waals surface area contributed by atoms with Crippen molar-refractivity contribution in [1.29, 1.82) is 0 Å². The molecule has 0 aromatic rings. The Hall–Kier alpha value is -3.41. The molecular formula is C66H114O6. The van der Waals surface area contributed by atoms with E-state index < -0.39 is 6.10 Å². The van der Waals surface area contributed by atoms with Crippen LogP contribution in [0.15, 0.2) is 85.1 Å². The minimum absolute atomic E-state index is 0.0868. The van der Waals surface area contributed by atoms with Gasteiger partial charge in [-0.05, 0) is 96.3 Å². The summed E-state index contributed by atoms with van der Waals surface area (Å²) in [6.45, 7) is 6.52. The molecule has 0 bridgehead atoms. The minimum atomic E-state index is -0.790. The van der Waals surface area contributed by atoms with Crippen LogP contribution >= 0.6 is 0 Å².